The highest BCUT2D eigenvalue weighted by Crippen LogP contribution is 2.31. The number of carbonyl (C=O) groups is 1. The fourth-order valence-electron chi connectivity index (χ4n) is 2.52. The Labute approximate surface area is 170 Å². The van der Waals surface area contributed by atoms with E-state index >= 15 is 0 Å². The topological polar surface area (TPSA) is 135 Å². The molecule has 13 heteroatoms. The molecule has 0 bridgehead atoms. The summed E-state index contributed by atoms with van der Waals surface area (Å²) in [6.07, 6.45) is 2.92. The lowest BCUT2D eigenvalue weighted by Gasteiger charge is -2.30. The first-order valence-corrected chi connectivity index (χ1v) is 11.9. The number of hydrogen-bond acceptors (Lipinski definition) is 9. The quantitative estimate of drug-likeness (QED) is 0.283. The van der Waals surface area contributed by atoms with Crippen molar-refractivity contribution in [3.63, 3.8) is 0 Å². The number of anilines is 2. The Bertz CT molecular complexity index is 992. The minimum Gasteiger partial charge on any atom is -0.299 e. The number of non-ortho nitro benzene ring substituents is 1. The van der Waals surface area contributed by atoms with Crippen LogP contribution in [0.2, 0.25) is 0 Å². The molecule has 1 atom stereocenters. The van der Waals surface area contributed by atoms with E-state index in [4.69, 9.17) is 0 Å². The zero-order valence-corrected chi connectivity index (χ0v) is 18.0. The maximum Gasteiger partial charge on any atom is 0.271 e. The molecule has 1 amide bonds. The normalized spacial score (nSPS) is 12.4. The van der Waals surface area contributed by atoms with Crippen molar-refractivity contribution < 1.29 is 18.1 Å². The number of carbonyl (C=O) groups excluding carboxylic acids is 1. The van der Waals surface area contributed by atoms with E-state index in [-0.39, 0.29) is 22.9 Å². The number of aromatic nitrogens is 2. The number of benzene rings is 1. The Morgan fingerprint density at radius 1 is 1.43 bits per heavy atom. The van der Waals surface area contributed by atoms with E-state index in [2.05, 4.69) is 15.5 Å². The van der Waals surface area contributed by atoms with E-state index < -0.39 is 26.9 Å². The van der Waals surface area contributed by atoms with E-state index in [9.17, 15) is 23.3 Å². The molecule has 0 saturated carbocycles. The van der Waals surface area contributed by atoms with Gasteiger partial charge in [-0.05, 0) is 25.2 Å². The van der Waals surface area contributed by atoms with Crippen LogP contribution in [0.3, 0.4) is 0 Å². The van der Waals surface area contributed by atoms with Crippen molar-refractivity contribution in [2.24, 2.45) is 0 Å². The number of amides is 1. The number of sulfonamides is 1. The van der Waals surface area contributed by atoms with Crippen molar-refractivity contribution in [1.29, 1.82) is 0 Å². The van der Waals surface area contributed by atoms with Crippen molar-refractivity contribution in [1.82, 2.24) is 10.2 Å². The van der Waals surface area contributed by atoms with Gasteiger partial charge in [0.15, 0.2) is 4.34 Å². The van der Waals surface area contributed by atoms with Gasteiger partial charge >= 0.3 is 0 Å². The van der Waals surface area contributed by atoms with Gasteiger partial charge < -0.3 is 0 Å². The number of nitro benzene ring substituents is 1. The summed E-state index contributed by atoms with van der Waals surface area (Å²) in [4.78, 5) is 23.3. The van der Waals surface area contributed by atoms with Crippen LogP contribution in [0.1, 0.15) is 18.9 Å². The van der Waals surface area contributed by atoms with Crippen LogP contribution in [0.4, 0.5) is 16.5 Å². The van der Waals surface area contributed by atoms with Gasteiger partial charge in [-0.3, -0.25) is 24.5 Å². The maximum atomic E-state index is 12.8. The third kappa shape index (κ3) is 4.97. The number of rotatable bonds is 8. The van der Waals surface area contributed by atoms with Gasteiger partial charge in [-0.2, -0.15) is 0 Å². The molecule has 1 N–H and O–H groups in total. The van der Waals surface area contributed by atoms with Gasteiger partial charge in [-0.1, -0.05) is 36.1 Å². The summed E-state index contributed by atoms with van der Waals surface area (Å²) in [7, 11) is -3.92. The van der Waals surface area contributed by atoms with E-state index in [1.807, 2.05) is 6.26 Å². The van der Waals surface area contributed by atoms with Crippen LogP contribution in [0, 0.1) is 17.0 Å². The number of hydrogen-bond donors (Lipinski definition) is 1. The molecule has 152 valence electrons. The first-order chi connectivity index (χ1) is 13.1. The van der Waals surface area contributed by atoms with Gasteiger partial charge in [0.1, 0.15) is 6.04 Å². The molecule has 28 heavy (non-hydrogen) atoms. The highest BCUT2D eigenvalue weighted by molar-refractivity contribution is 8.00. The highest BCUT2D eigenvalue weighted by atomic mass is 32.2. The molecule has 1 heterocycles. The van der Waals surface area contributed by atoms with Crippen LogP contribution in [-0.4, -0.2) is 48.0 Å². The minimum atomic E-state index is -3.92. The molecule has 1 aromatic carbocycles. The number of nitrogens with zero attached hydrogens (tertiary/aromatic N) is 4. The molecule has 0 aliphatic heterocycles. The molecule has 10 nitrogen and oxygen atoms in total. The second-order valence-electron chi connectivity index (χ2n) is 5.78. The smallest absolute Gasteiger partial charge is 0.271 e. The molecule has 0 saturated heterocycles. The predicted octanol–water partition coefficient (Wildman–Crippen LogP) is 2.66. The molecular formula is C15H19N5O5S3. The lowest BCUT2D eigenvalue weighted by Crippen LogP contribution is -2.47. The molecule has 2 aromatic rings. The summed E-state index contributed by atoms with van der Waals surface area (Å²) in [6, 6.07) is 2.78. The SMILES string of the molecule is CC[C@H](C(=O)Nc1nnc(SC)s1)N(c1cc([N+](=O)[O-])ccc1C)S(C)(=O)=O. The number of nitro groups is 1. The Morgan fingerprint density at radius 3 is 2.61 bits per heavy atom. The molecule has 2 rings (SSSR count). The molecule has 0 fully saturated rings. The molecular weight excluding hydrogens is 426 g/mol. The van der Waals surface area contributed by atoms with Crippen molar-refractivity contribution >= 4 is 55.5 Å². The number of aryl methyl sites for hydroxylation is 1. The lowest BCUT2D eigenvalue weighted by molar-refractivity contribution is -0.384. The molecule has 0 spiro atoms. The molecule has 1 aromatic heterocycles. The third-order valence-electron chi connectivity index (χ3n) is 3.78. The van der Waals surface area contributed by atoms with Gasteiger partial charge in [0.25, 0.3) is 5.69 Å². The van der Waals surface area contributed by atoms with Gasteiger partial charge in [0.05, 0.1) is 16.9 Å². The van der Waals surface area contributed by atoms with Crippen molar-refractivity contribution in [3.8, 4) is 0 Å². The first kappa shape index (κ1) is 22.0. The Morgan fingerprint density at radius 2 is 2.11 bits per heavy atom. The monoisotopic (exact) mass is 445 g/mol. The fourth-order valence-corrected chi connectivity index (χ4v) is 4.95. The average molecular weight is 446 g/mol. The second kappa shape index (κ2) is 8.84. The van der Waals surface area contributed by atoms with Gasteiger partial charge in [-0.15, -0.1) is 10.2 Å². The summed E-state index contributed by atoms with van der Waals surface area (Å²) in [5.74, 6) is -0.595. The second-order valence-corrected chi connectivity index (χ2v) is 9.67. The van der Waals surface area contributed by atoms with Crippen molar-refractivity contribution in [3.05, 3.63) is 33.9 Å². The van der Waals surface area contributed by atoms with Gasteiger partial charge in [-0.25, -0.2) is 8.42 Å². The van der Waals surface area contributed by atoms with Crippen molar-refractivity contribution in [2.75, 3.05) is 22.1 Å². The van der Waals surface area contributed by atoms with E-state index in [0.29, 0.717) is 9.90 Å². The molecule has 0 unspecified atom stereocenters. The van der Waals surface area contributed by atoms with Crippen LogP contribution < -0.4 is 9.62 Å². The van der Waals surface area contributed by atoms with Crippen LogP contribution in [-0.2, 0) is 14.8 Å². The lowest BCUT2D eigenvalue weighted by atomic mass is 10.1. The summed E-state index contributed by atoms with van der Waals surface area (Å²) in [5.41, 5.74) is 0.307. The molecule has 0 aliphatic carbocycles. The largest absolute Gasteiger partial charge is 0.299 e. The summed E-state index contributed by atoms with van der Waals surface area (Å²) in [5, 5.41) is 21.7. The molecule has 0 radical (unpaired) electrons. The van der Waals surface area contributed by atoms with Crippen LogP contribution in [0.25, 0.3) is 0 Å². The van der Waals surface area contributed by atoms with Crippen LogP contribution in [0.5, 0.6) is 0 Å². The van der Waals surface area contributed by atoms with Crippen molar-refractivity contribution in [2.45, 2.75) is 30.6 Å². The number of thioether (sulfide) groups is 1. The Kier molecular flexibility index (Phi) is 6.96. The third-order valence-corrected chi connectivity index (χ3v) is 6.76. The minimum absolute atomic E-state index is 0.0840. The van der Waals surface area contributed by atoms with Crippen LogP contribution >= 0.6 is 23.1 Å². The summed E-state index contributed by atoms with van der Waals surface area (Å²) < 4.78 is 26.6. The predicted molar refractivity (Wildman–Crippen MR) is 110 cm³/mol. The van der Waals surface area contributed by atoms with Gasteiger partial charge in [0, 0.05) is 12.1 Å². The first-order valence-electron chi connectivity index (χ1n) is 8.01. The van der Waals surface area contributed by atoms with E-state index in [1.54, 1.807) is 13.8 Å². The summed E-state index contributed by atoms with van der Waals surface area (Å²) in [6.45, 7) is 3.28. The van der Waals surface area contributed by atoms with E-state index in [0.717, 1.165) is 16.6 Å². The Balaban J connectivity index is 2.47. The number of nitrogens with one attached hydrogen (secondary N) is 1. The molecule has 0 aliphatic rings. The standard InChI is InChI=1S/C15H19N5O5S3/c1-5-11(13(21)16-14-17-18-15(26-3)27-14)19(28(4,24)25)12-8-10(20(22)23)7-6-9(12)2/h6-8,11H,5H2,1-4H3,(H,16,17,21)/t11-/m1/s1. The fraction of sp³-hybridized carbons (Fsp3) is 0.400. The Hall–Kier alpha value is -2.25. The summed E-state index contributed by atoms with van der Waals surface area (Å²) >= 11 is 2.53. The zero-order chi connectivity index (χ0) is 21.1. The highest BCUT2D eigenvalue weighted by Gasteiger charge is 2.33. The zero-order valence-electron chi connectivity index (χ0n) is 15.6. The average Bonchev–Trinajstić information content (AvgIpc) is 3.06. The van der Waals surface area contributed by atoms with E-state index in [1.165, 1.54) is 35.2 Å². The maximum absolute atomic E-state index is 12.8. The van der Waals surface area contributed by atoms with Gasteiger partial charge in [0.2, 0.25) is 21.1 Å². The van der Waals surface area contributed by atoms with Crippen LogP contribution in [0.15, 0.2) is 22.5 Å².